The van der Waals surface area contributed by atoms with E-state index < -0.39 is 0 Å². The lowest BCUT2D eigenvalue weighted by Gasteiger charge is -2.18. The first-order valence-electron chi connectivity index (χ1n) is 6.88. The van der Waals surface area contributed by atoms with Crippen LogP contribution in [0.5, 0.6) is 0 Å². The zero-order chi connectivity index (χ0) is 13.1. The van der Waals surface area contributed by atoms with Crippen LogP contribution in [0.1, 0.15) is 37.0 Å². The Kier molecular flexibility index (Phi) is 3.34. The standard InChI is InChI=1S/C15H19N3O/c1-15(10-5-11-16-15)14-17-13(18-19-14)9-8-12-6-3-2-4-7-12/h2-4,6-7,16H,5,8-11H2,1H3. The van der Waals surface area contributed by atoms with Crippen molar-refractivity contribution in [2.75, 3.05) is 6.54 Å². The molecule has 1 N–H and O–H groups in total. The van der Waals surface area contributed by atoms with E-state index in [1.54, 1.807) is 0 Å². The van der Waals surface area contributed by atoms with Crippen LogP contribution >= 0.6 is 0 Å². The summed E-state index contributed by atoms with van der Waals surface area (Å²) in [7, 11) is 0. The lowest BCUT2D eigenvalue weighted by Crippen LogP contribution is -2.33. The highest BCUT2D eigenvalue weighted by Gasteiger charge is 2.35. The number of hydrogen-bond donors (Lipinski definition) is 1. The molecular weight excluding hydrogens is 238 g/mol. The molecule has 0 saturated carbocycles. The first kappa shape index (κ1) is 12.4. The smallest absolute Gasteiger partial charge is 0.246 e. The van der Waals surface area contributed by atoms with Crippen molar-refractivity contribution in [2.24, 2.45) is 0 Å². The van der Waals surface area contributed by atoms with E-state index in [1.807, 2.05) is 6.07 Å². The van der Waals surface area contributed by atoms with Crippen LogP contribution in [0.4, 0.5) is 0 Å². The molecule has 1 aromatic heterocycles. The number of benzene rings is 1. The minimum absolute atomic E-state index is 0.127. The summed E-state index contributed by atoms with van der Waals surface area (Å²) in [6.07, 6.45) is 4.00. The van der Waals surface area contributed by atoms with Crippen molar-refractivity contribution in [1.29, 1.82) is 0 Å². The lowest BCUT2D eigenvalue weighted by atomic mass is 10.0. The summed E-state index contributed by atoms with van der Waals surface area (Å²) in [6, 6.07) is 10.4. The molecule has 1 saturated heterocycles. The summed E-state index contributed by atoms with van der Waals surface area (Å²) in [5.74, 6) is 1.53. The van der Waals surface area contributed by atoms with Gasteiger partial charge in [0.25, 0.3) is 0 Å². The van der Waals surface area contributed by atoms with E-state index in [2.05, 4.69) is 46.6 Å². The Morgan fingerprint density at radius 1 is 1.26 bits per heavy atom. The van der Waals surface area contributed by atoms with Crippen molar-refractivity contribution in [3.8, 4) is 0 Å². The van der Waals surface area contributed by atoms with Crippen molar-refractivity contribution in [3.05, 3.63) is 47.6 Å². The normalized spacial score (nSPS) is 22.8. The Hall–Kier alpha value is -1.68. The number of hydrogen-bond acceptors (Lipinski definition) is 4. The molecule has 1 unspecified atom stereocenters. The van der Waals surface area contributed by atoms with Gasteiger partial charge >= 0.3 is 0 Å². The molecule has 1 aliphatic heterocycles. The number of rotatable bonds is 4. The van der Waals surface area contributed by atoms with Gasteiger partial charge in [0.05, 0.1) is 5.54 Å². The maximum Gasteiger partial charge on any atom is 0.246 e. The summed E-state index contributed by atoms with van der Waals surface area (Å²) < 4.78 is 5.42. The molecular formula is C15H19N3O. The van der Waals surface area contributed by atoms with Crippen molar-refractivity contribution < 1.29 is 4.52 Å². The number of aromatic nitrogens is 2. The molecule has 0 spiro atoms. The summed E-state index contributed by atoms with van der Waals surface area (Å²) in [5.41, 5.74) is 1.18. The van der Waals surface area contributed by atoms with Gasteiger partial charge in [-0.1, -0.05) is 35.5 Å². The molecule has 1 aromatic carbocycles. The van der Waals surface area contributed by atoms with Crippen LogP contribution in [0.15, 0.2) is 34.9 Å². The van der Waals surface area contributed by atoms with Crippen molar-refractivity contribution in [2.45, 2.75) is 38.1 Å². The van der Waals surface area contributed by atoms with Gasteiger partial charge in [0.1, 0.15) is 0 Å². The number of nitrogens with one attached hydrogen (secondary N) is 1. The third kappa shape index (κ3) is 2.68. The van der Waals surface area contributed by atoms with E-state index in [9.17, 15) is 0 Å². The average molecular weight is 257 g/mol. The van der Waals surface area contributed by atoms with Gasteiger partial charge in [0.2, 0.25) is 5.89 Å². The molecule has 3 rings (SSSR count). The SMILES string of the molecule is CC1(c2nc(CCc3ccccc3)no2)CCCN1. The second-order valence-electron chi connectivity index (χ2n) is 5.36. The Morgan fingerprint density at radius 2 is 2.11 bits per heavy atom. The van der Waals surface area contributed by atoms with Gasteiger partial charge in [0.15, 0.2) is 5.82 Å². The van der Waals surface area contributed by atoms with Gasteiger partial charge in [0, 0.05) is 6.42 Å². The predicted molar refractivity (Wildman–Crippen MR) is 72.7 cm³/mol. The molecule has 2 heterocycles. The van der Waals surface area contributed by atoms with E-state index in [0.717, 1.165) is 43.9 Å². The Balaban J connectivity index is 1.65. The second-order valence-corrected chi connectivity index (χ2v) is 5.36. The van der Waals surface area contributed by atoms with Crippen LogP contribution in [0.2, 0.25) is 0 Å². The van der Waals surface area contributed by atoms with Gasteiger partial charge in [-0.3, -0.25) is 0 Å². The van der Waals surface area contributed by atoms with Crippen LogP contribution in [0, 0.1) is 0 Å². The summed E-state index contributed by atoms with van der Waals surface area (Å²) in [4.78, 5) is 4.54. The zero-order valence-electron chi connectivity index (χ0n) is 11.2. The highest BCUT2D eigenvalue weighted by Crippen LogP contribution is 2.28. The quantitative estimate of drug-likeness (QED) is 0.914. The molecule has 1 aliphatic rings. The van der Waals surface area contributed by atoms with Gasteiger partial charge in [-0.25, -0.2) is 0 Å². The Morgan fingerprint density at radius 3 is 2.84 bits per heavy atom. The van der Waals surface area contributed by atoms with Crippen molar-refractivity contribution in [3.63, 3.8) is 0 Å². The van der Waals surface area contributed by atoms with Crippen molar-refractivity contribution >= 4 is 0 Å². The first-order chi connectivity index (χ1) is 9.26. The lowest BCUT2D eigenvalue weighted by molar-refractivity contribution is 0.274. The fourth-order valence-corrected chi connectivity index (χ4v) is 2.56. The zero-order valence-corrected chi connectivity index (χ0v) is 11.2. The number of nitrogens with zero attached hydrogens (tertiary/aromatic N) is 2. The molecule has 0 radical (unpaired) electrons. The van der Waals surface area contributed by atoms with E-state index in [4.69, 9.17) is 4.52 Å². The second kappa shape index (κ2) is 5.13. The van der Waals surface area contributed by atoms with Crippen LogP contribution in [0.3, 0.4) is 0 Å². The minimum Gasteiger partial charge on any atom is -0.337 e. The fourth-order valence-electron chi connectivity index (χ4n) is 2.56. The fraction of sp³-hybridized carbons (Fsp3) is 0.467. The summed E-state index contributed by atoms with van der Waals surface area (Å²) >= 11 is 0. The Labute approximate surface area is 113 Å². The average Bonchev–Trinajstić information content (AvgIpc) is 3.07. The van der Waals surface area contributed by atoms with Gasteiger partial charge in [-0.15, -0.1) is 0 Å². The van der Waals surface area contributed by atoms with Crippen LogP contribution in [0.25, 0.3) is 0 Å². The van der Waals surface area contributed by atoms with Gasteiger partial charge in [-0.05, 0) is 38.3 Å². The van der Waals surface area contributed by atoms with E-state index >= 15 is 0 Å². The highest BCUT2D eigenvalue weighted by molar-refractivity contribution is 5.15. The Bertz CT molecular complexity index is 529. The van der Waals surface area contributed by atoms with E-state index in [0.29, 0.717) is 0 Å². The number of aryl methyl sites for hydroxylation is 2. The molecule has 2 aromatic rings. The molecule has 0 bridgehead atoms. The summed E-state index contributed by atoms with van der Waals surface area (Å²) in [5, 5.41) is 7.54. The third-order valence-corrected chi connectivity index (χ3v) is 3.79. The van der Waals surface area contributed by atoms with E-state index in [1.165, 1.54) is 5.56 Å². The van der Waals surface area contributed by atoms with Gasteiger partial charge in [-0.2, -0.15) is 4.98 Å². The third-order valence-electron chi connectivity index (χ3n) is 3.79. The minimum atomic E-state index is -0.127. The topological polar surface area (TPSA) is 51.0 Å². The molecule has 4 heteroatoms. The first-order valence-corrected chi connectivity index (χ1v) is 6.88. The van der Waals surface area contributed by atoms with Crippen LogP contribution in [-0.2, 0) is 18.4 Å². The molecule has 1 fully saturated rings. The van der Waals surface area contributed by atoms with Crippen LogP contribution < -0.4 is 5.32 Å². The molecule has 19 heavy (non-hydrogen) atoms. The largest absolute Gasteiger partial charge is 0.337 e. The monoisotopic (exact) mass is 257 g/mol. The summed E-state index contributed by atoms with van der Waals surface area (Å²) in [6.45, 7) is 3.16. The maximum atomic E-state index is 5.42. The van der Waals surface area contributed by atoms with Crippen LogP contribution in [-0.4, -0.2) is 16.7 Å². The molecule has 0 aliphatic carbocycles. The highest BCUT2D eigenvalue weighted by atomic mass is 16.5. The van der Waals surface area contributed by atoms with E-state index in [-0.39, 0.29) is 5.54 Å². The molecule has 0 amide bonds. The van der Waals surface area contributed by atoms with Gasteiger partial charge < -0.3 is 9.84 Å². The molecule has 1 atom stereocenters. The molecule has 4 nitrogen and oxygen atoms in total. The maximum absolute atomic E-state index is 5.42. The predicted octanol–water partition coefficient (Wildman–Crippen LogP) is 2.45. The molecule has 100 valence electrons. The van der Waals surface area contributed by atoms with Crippen molar-refractivity contribution in [1.82, 2.24) is 15.5 Å².